The van der Waals surface area contributed by atoms with Crippen LogP contribution in [-0.4, -0.2) is 41.4 Å². The van der Waals surface area contributed by atoms with E-state index in [1.807, 2.05) is 30.0 Å². The van der Waals surface area contributed by atoms with Crippen LogP contribution in [-0.2, 0) is 4.79 Å². The van der Waals surface area contributed by atoms with Crippen molar-refractivity contribution in [2.24, 2.45) is 0 Å². The first-order chi connectivity index (χ1) is 9.15. The zero-order valence-corrected chi connectivity index (χ0v) is 12.1. The third-order valence-electron chi connectivity index (χ3n) is 3.30. The molecule has 0 bridgehead atoms. The number of nitrogen functional groups attached to an aromatic ring is 1. The Kier molecular flexibility index (Phi) is 5.10. The van der Waals surface area contributed by atoms with E-state index in [4.69, 9.17) is 5.73 Å². The molecule has 0 aromatic heterocycles. The maximum atomic E-state index is 11.9. The zero-order valence-electron chi connectivity index (χ0n) is 11.3. The summed E-state index contributed by atoms with van der Waals surface area (Å²) >= 11 is 1.99. The van der Waals surface area contributed by atoms with Gasteiger partial charge in [-0.15, -0.1) is 0 Å². The minimum atomic E-state index is 0.0519. The third kappa shape index (κ3) is 4.44. The fourth-order valence-corrected chi connectivity index (χ4v) is 3.26. The van der Waals surface area contributed by atoms with Gasteiger partial charge in [0, 0.05) is 48.4 Å². The van der Waals surface area contributed by atoms with Crippen molar-refractivity contribution in [3.8, 4) is 0 Å². The average molecular weight is 279 g/mol. The van der Waals surface area contributed by atoms with Crippen LogP contribution in [0.25, 0.3) is 0 Å². The van der Waals surface area contributed by atoms with Crippen LogP contribution in [0.3, 0.4) is 0 Å². The van der Waals surface area contributed by atoms with Gasteiger partial charge in [0.25, 0.3) is 0 Å². The van der Waals surface area contributed by atoms with E-state index >= 15 is 0 Å². The van der Waals surface area contributed by atoms with E-state index < -0.39 is 0 Å². The van der Waals surface area contributed by atoms with Gasteiger partial charge in [0.15, 0.2) is 0 Å². The van der Waals surface area contributed by atoms with Crippen molar-refractivity contribution in [2.75, 3.05) is 35.6 Å². The molecule has 1 atom stereocenters. The molecule has 0 aliphatic carbocycles. The van der Waals surface area contributed by atoms with Gasteiger partial charge in [-0.3, -0.25) is 9.69 Å². The maximum Gasteiger partial charge on any atom is 0.225 e. The third-order valence-corrected chi connectivity index (χ3v) is 4.49. The normalized spacial score (nSPS) is 20.2. The van der Waals surface area contributed by atoms with Crippen molar-refractivity contribution < 1.29 is 4.79 Å². The SMILES string of the molecule is CC1CSCCN1CCC(=O)Nc1cccc(N)c1. The highest BCUT2D eigenvalue weighted by Crippen LogP contribution is 2.16. The first kappa shape index (κ1) is 14.2. The predicted molar refractivity (Wildman–Crippen MR) is 82.5 cm³/mol. The molecular formula is C14H21N3OS. The van der Waals surface area contributed by atoms with Gasteiger partial charge in [-0.2, -0.15) is 11.8 Å². The van der Waals surface area contributed by atoms with Gasteiger partial charge < -0.3 is 11.1 Å². The Morgan fingerprint density at radius 3 is 3.16 bits per heavy atom. The number of nitrogens with zero attached hydrogens (tertiary/aromatic N) is 1. The fourth-order valence-electron chi connectivity index (χ4n) is 2.18. The van der Waals surface area contributed by atoms with Gasteiger partial charge in [0.1, 0.15) is 0 Å². The topological polar surface area (TPSA) is 58.4 Å². The number of rotatable bonds is 4. The lowest BCUT2D eigenvalue weighted by atomic mass is 10.2. The van der Waals surface area contributed by atoms with Crippen molar-refractivity contribution in [1.82, 2.24) is 4.90 Å². The van der Waals surface area contributed by atoms with Crippen molar-refractivity contribution in [1.29, 1.82) is 0 Å². The van der Waals surface area contributed by atoms with Crippen LogP contribution < -0.4 is 11.1 Å². The Labute approximate surface area is 118 Å². The Balaban J connectivity index is 1.78. The van der Waals surface area contributed by atoms with Gasteiger partial charge in [-0.05, 0) is 25.1 Å². The summed E-state index contributed by atoms with van der Waals surface area (Å²) in [6, 6.07) is 7.85. The highest BCUT2D eigenvalue weighted by Gasteiger charge is 2.18. The number of anilines is 2. The van der Waals surface area contributed by atoms with Crippen molar-refractivity contribution in [3.05, 3.63) is 24.3 Å². The Morgan fingerprint density at radius 1 is 1.58 bits per heavy atom. The molecule has 5 heteroatoms. The number of carbonyl (C=O) groups is 1. The van der Waals surface area contributed by atoms with Gasteiger partial charge >= 0.3 is 0 Å². The molecule has 104 valence electrons. The number of amides is 1. The predicted octanol–water partition coefficient (Wildman–Crippen LogP) is 2.03. The Hall–Kier alpha value is -1.20. The molecule has 1 aliphatic rings. The molecule has 19 heavy (non-hydrogen) atoms. The second kappa shape index (κ2) is 6.82. The lowest BCUT2D eigenvalue weighted by molar-refractivity contribution is -0.116. The minimum absolute atomic E-state index is 0.0519. The standard InChI is InChI=1S/C14H21N3OS/c1-11-10-19-8-7-17(11)6-5-14(18)16-13-4-2-3-12(15)9-13/h2-4,9,11H,5-8,10,15H2,1H3,(H,16,18). The van der Waals surface area contributed by atoms with E-state index in [1.165, 1.54) is 5.75 Å². The first-order valence-corrected chi connectivity index (χ1v) is 7.78. The van der Waals surface area contributed by atoms with Gasteiger partial charge in [0.2, 0.25) is 5.91 Å². The van der Waals surface area contributed by atoms with E-state index in [0.29, 0.717) is 18.2 Å². The number of benzene rings is 1. The van der Waals surface area contributed by atoms with Crippen molar-refractivity contribution in [3.63, 3.8) is 0 Å². The van der Waals surface area contributed by atoms with Crippen LogP contribution in [0.2, 0.25) is 0 Å². The highest BCUT2D eigenvalue weighted by molar-refractivity contribution is 7.99. The summed E-state index contributed by atoms with van der Waals surface area (Å²) in [7, 11) is 0. The lowest BCUT2D eigenvalue weighted by Gasteiger charge is -2.32. The number of carbonyl (C=O) groups excluding carboxylic acids is 1. The van der Waals surface area contributed by atoms with Crippen LogP contribution in [0.1, 0.15) is 13.3 Å². The second-order valence-electron chi connectivity index (χ2n) is 4.88. The molecule has 1 aromatic carbocycles. The summed E-state index contributed by atoms with van der Waals surface area (Å²) in [5.74, 6) is 2.38. The fraction of sp³-hybridized carbons (Fsp3) is 0.500. The molecule has 1 saturated heterocycles. The quantitative estimate of drug-likeness (QED) is 0.828. The molecule has 3 N–H and O–H groups in total. The Morgan fingerprint density at radius 2 is 2.42 bits per heavy atom. The Bertz CT molecular complexity index is 438. The van der Waals surface area contributed by atoms with Crippen molar-refractivity contribution in [2.45, 2.75) is 19.4 Å². The molecule has 1 aliphatic heterocycles. The van der Waals surface area contributed by atoms with Crippen molar-refractivity contribution >= 4 is 29.0 Å². The van der Waals surface area contributed by atoms with Crippen LogP contribution in [0, 0.1) is 0 Å². The number of hydrogen-bond donors (Lipinski definition) is 2. The maximum absolute atomic E-state index is 11.9. The summed E-state index contributed by atoms with van der Waals surface area (Å²) < 4.78 is 0. The molecule has 2 rings (SSSR count). The van der Waals surface area contributed by atoms with E-state index in [1.54, 1.807) is 6.07 Å². The molecular weight excluding hydrogens is 258 g/mol. The molecule has 4 nitrogen and oxygen atoms in total. The molecule has 0 radical (unpaired) electrons. The van der Waals surface area contributed by atoms with Gasteiger partial charge in [-0.25, -0.2) is 0 Å². The number of thioether (sulfide) groups is 1. The largest absolute Gasteiger partial charge is 0.399 e. The number of hydrogen-bond acceptors (Lipinski definition) is 4. The van der Waals surface area contributed by atoms with E-state index in [-0.39, 0.29) is 5.91 Å². The average Bonchev–Trinajstić information content (AvgIpc) is 2.38. The molecule has 1 aromatic rings. The summed E-state index contributed by atoms with van der Waals surface area (Å²) in [5, 5.41) is 2.89. The number of nitrogens with one attached hydrogen (secondary N) is 1. The zero-order chi connectivity index (χ0) is 13.7. The summed E-state index contributed by atoms with van der Waals surface area (Å²) in [6.07, 6.45) is 0.532. The summed E-state index contributed by atoms with van der Waals surface area (Å²) in [4.78, 5) is 14.3. The van der Waals surface area contributed by atoms with Crippen LogP contribution in [0.15, 0.2) is 24.3 Å². The van der Waals surface area contributed by atoms with E-state index in [0.717, 1.165) is 24.5 Å². The highest BCUT2D eigenvalue weighted by atomic mass is 32.2. The molecule has 1 fully saturated rings. The molecule has 0 spiro atoms. The van der Waals surface area contributed by atoms with E-state index in [9.17, 15) is 4.79 Å². The molecule has 1 amide bonds. The summed E-state index contributed by atoms with van der Waals surface area (Å²) in [5.41, 5.74) is 7.12. The molecule has 1 heterocycles. The van der Waals surface area contributed by atoms with Crippen LogP contribution >= 0.6 is 11.8 Å². The summed E-state index contributed by atoms with van der Waals surface area (Å²) in [6.45, 7) is 4.13. The molecule has 1 unspecified atom stereocenters. The van der Waals surface area contributed by atoms with Gasteiger partial charge in [0.05, 0.1) is 0 Å². The van der Waals surface area contributed by atoms with Gasteiger partial charge in [-0.1, -0.05) is 6.07 Å². The van der Waals surface area contributed by atoms with Crippen LogP contribution in [0.5, 0.6) is 0 Å². The minimum Gasteiger partial charge on any atom is -0.399 e. The monoisotopic (exact) mass is 279 g/mol. The second-order valence-corrected chi connectivity index (χ2v) is 6.03. The van der Waals surface area contributed by atoms with Crippen LogP contribution in [0.4, 0.5) is 11.4 Å². The smallest absolute Gasteiger partial charge is 0.225 e. The van der Waals surface area contributed by atoms with E-state index in [2.05, 4.69) is 17.1 Å². The molecule has 0 saturated carbocycles. The lowest BCUT2D eigenvalue weighted by Crippen LogP contribution is -2.41. The first-order valence-electron chi connectivity index (χ1n) is 6.62. The number of nitrogens with two attached hydrogens (primary N) is 1.